The Labute approximate surface area is 118 Å². The summed E-state index contributed by atoms with van der Waals surface area (Å²) in [6.45, 7) is -0.344. The van der Waals surface area contributed by atoms with Gasteiger partial charge in [-0.3, -0.25) is 0 Å². The maximum atomic E-state index is 10.0. The van der Waals surface area contributed by atoms with Crippen LogP contribution in [0.5, 0.6) is 0 Å². The normalized spacial score (nSPS) is 31.1. The fraction of sp³-hybridized carbons (Fsp3) is 0.417. The highest BCUT2D eigenvalue weighted by molar-refractivity contribution is 7.71. The lowest BCUT2D eigenvalue weighted by Crippen LogP contribution is -2.33. The van der Waals surface area contributed by atoms with Gasteiger partial charge in [-0.25, -0.2) is 0 Å². The van der Waals surface area contributed by atoms with Crippen LogP contribution in [-0.2, 0) is 4.74 Å². The van der Waals surface area contributed by atoms with Gasteiger partial charge in [0.15, 0.2) is 6.23 Å². The van der Waals surface area contributed by atoms with Crippen molar-refractivity contribution in [2.24, 2.45) is 0 Å². The van der Waals surface area contributed by atoms with Crippen molar-refractivity contribution in [2.75, 3.05) is 6.61 Å². The second kappa shape index (κ2) is 4.93. The summed E-state index contributed by atoms with van der Waals surface area (Å²) in [4.78, 5) is 0. The van der Waals surface area contributed by atoms with Gasteiger partial charge >= 0.3 is 0 Å². The minimum Gasteiger partial charge on any atom is -0.394 e. The third-order valence-electron chi connectivity index (χ3n) is 3.33. The molecule has 0 aromatic carbocycles. The summed E-state index contributed by atoms with van der Waals surface area (Å²) in [5.41, 5.74) is 0. The average Bonchev–Trinajstić information content (AvgIpc) is 2.98. The van der Waals surface area contributed by atoms with E-state index in [4.69, 9.17) is 22.1 Å². The third kappa shape index (κ3) is 2.03. The van der Waals surface area contributed by atoms with E-state index in [1.54, 1.807) is 10.8 Å². The molecule has 0 spiro atoms. The molecular formula is C12H13NO4S2. The largest absolute Gasteiger partial charge is 0.394 e. The van der Waals surface area contributed by atoms with Crippen LogP contribution in [0.25, 0.3) is 10.1 Å². The van der Waals surface area contributed by atoms with Crippen LogP contribution in [0.1, 0.15) is 6.23 Å². The topological polar surface area (TPSA) is 74.9 Å². The molecule has 7 heteroatoms. The van der Waals surface area contributed by atoms with Crippen molar-refractivity contribution in [1.29, 1.82) is 0 Å². The zero-order valence-corrected chi connectivity index (χ0v) is 11.5. The Kier molecular flexibility index (Phi) is 3.42. The van der Waals surface area contributed by atoms with Crippen molar-refractivity contribution in [2.45, 2.75) is 24.5 Å². The second-order valence-electron chi connectivity index (χ2n) is 4.46. The fourth-order valence-electron chi connectivity index (χ4n) is 2.28. The van der Waals surface area contributed by atoms with Crippen LogP contribution in [0, 0.1) is 4.64 Å². The number of rotatable bonds is 2. The first kappa shape index (κ1) is 13.2. The Hall–Kier alpha value is -0.830. The van der Waals surface area contributed by atoms with Gasteiger partial charge in [-0.15, -0.1) is 11.3 Å². The summed E-state index contributed by atoms with van der Waals surface area (Å²) in [5.74, 6) is 0. The van der Waals surface area contributed by atoms with Crippen molar-refractivity contribution < 1.29 is 20.1 Å². The minimum absolute atomic E-state index is 0.344. The summed E-state index contributed by atoms with van der Waals surface area (Å²) < 4.78 is 8.60. The van der Waals surface area contributed by atoms with Gasteiger partial charge in [-0.05, 0) is 22.9 Å². The van der Waals surface area contributed by atoms with E-state index in [0.29, 0.717) is 4.64 Å². The SMILES string of the molecule is OCC1OC(n2ccc3ccsc3c2=S)C(O)C1O. The molecule has 4 atom stereocenters. The van der Waals surface area contributed by atoms with Crippen LogP contribution < -0.4 is 0 Å². The number of hydrogen-bond donors (Lipinski definition) is 3. The van der Waals surface area contributed by atoms with Gasteiger partial charge in [-0.2, -0.15) is 0 Å². The maximum Gasteiger partial charge on any atom is 0.164 e. The molecule has 1 saturated heterocycles. The molecule has 19 heavy (non-hydrogen) atoms. The zero-order valence-electron chi connectivity index (χ0n) is 9.84. The average molecular weight is 299 g/mol. The molecule has 1 fully saturated rings. The predicted molar refractivity (Wildman–Crippen MR) is 73.7 cm³/mol. The summed E-state index contributed by atoms with van der Waals surface area (Å²) in [6, 6.07) is 3.85. The maximum absolute atomic E-state index is 10.0. The molecule has 0 amide bonds. The first-order chi connectivity index (χ1) is 9.13. The summed E-state index contributed by atoms with van der Waals surface area (Å²) in [6.07, 6.45) is -2.05. The molecule has 0 radical (unpaired) electrons. The van der Waals surface area contributed by atoms with Gasteiger partial charge < -0.3 is 24.6 Å². The number of aliphatic hydroxyl groups excluding tert-OH is 3. The zero-order chi connectivity index (χ0) is 13.6. The Bertz CT molecular complexity index is 652. The molecule has 3 rings (SSSR count). The molecule has 0 aliphatic carbocycles. The van der Waals surface area contributed by atoms with E-state index in [1.165, 1.54) is 11.3 Å². The van der Waals surface area contributed by atoms with Gasteiger partial charge in [-0.1, -0.05) is 12.2 Å². The Balaban J connectivity index is 2.05. The molecule has 1 aliphatic rings. The number of aliphatic hydroxyl groups is 3. The molecule has 2 aromatic rings. The molecule has 0 saturated carbocycles. The van der Waals surface area contributed by atoms with E-state index in [2.05, 4.69) is 0 Å². The third-order valence-corrected chi connectivity index (χ3v) is 4.81. The van der Waals surface area contributed by atoms with E-state index < -0.39 is 24.5 Å². The molecule has 3 N–H and O–H groups in total. The smallest absolute Gasteiger partial charge is 0.164 e. The lowest BCUT2D eigenvalue weighted by atomic mass is 10.1. The predicted octanol–water partition coefficient (Wildman–Crippen LogP) is 1.04. The van der Waals surface area contributed by atoms with Gasteiger partial charge in [0.1, 0.15) is 23.0 Å². The first-order valence-electron chi connectivity index (χ1n) is 5.84. The van der Waals surface area contributed by atoms with Crippen molar-refractivity contribution in [3.8, 4) is 0 Å². The molecule has 3 heterocycles. The van der Waals surface area contributed by atoms with Crippen LogP contribution in [0.2, 0.25) is 0 Å². The molecule has 4 unspecified atom stereocenters. The van der Waals surface area contributed by atoms with E-state index in [-0.39, 0.29) is 6.61 Å². The second-order valence-corrected chi connectivity index (χ2v) is 5.76. The molecule has 5 nitrogen and oxygen atoms in total. The highest BCUT2D eigenvalue weighted by Gasteiger charge is 2.43. The molecular weight excluding hydrogens is 286 g/mol. The van der Waals surface area contributed by atoms with E-state index in [0.717, 1.165) is 10.1 Å². The van der Waals surface area contributed by atoms with Crippen LogP contribution >= 0.6 is 23.6 Å². The minimum atomic E-state index is -1.11. The lowest BCUT2D eigenvalue weighted by molar-refractivity contribution is -0.0533. The van der Waals surface area contributed by atoms with Crippen LogP contribution in [0.15, 0.2) is 23.7 Å². The Morgan fingerprint density at radius 1 is 1.32 bits per heavy atom. The Morgan fingerprint density at radius 2 is 2.11 bits per heavy atom. The first-order valence-corrected chi connectivity index (χ1v) is 7.13. The number of thiophene rings is 1. The molecule has 1 aliphatic heterocycles. The van der Waals surface area contributed by atoms with Crippen LogP contribution in [0.4, 0.5) is 0 Å². The number of ether oxygens (including phenoxy) is 1. The van der Waals surface area contributed by atoms with Gasteiger partial charge in [0.05, 0.1) is 11.3 Å². The number of pyridine rings is 1. The van der Waals surface area contributed by atoms with E-state index in [1.807, 2.05) is 17.5 Å². The molecule has 2 aromatic heterocycles. The van der Waals surface area contributed by atoms with E-state index >= 15 is 0 Å². The van der Waals surface area contributed by atoms with Crippen LogP contribution in [0.3, 0.4) is 0 Å². The molecule has 102 valence electrons. The van der Waals surface area contributed by atoms with Gasteiger partial charge in [0, 0.05) is 6.20 Å². The quantitative estimate of drug-likeness (QED) is 0.723. The van der Waals surface area contributed by atoms with Gasteiger partial charge in [0.2, 0.25) is 0 Å². The number of hydrogen-bond acceptors (Lipinski definition) is 6. The van der Waals surface area contributed by atoms with E-state index in [9.17, 15) is 10.2 Å². The standard InChI is InChI=1S/C12H13NO4S2/c14-5-7-8(15)9(16)11(17-7)13-3-1-6-2-4-19-10(6)12(13)18/h1-4,7-9,11,14-16H,5H2. The van der Waals surface area contributed by atoms with Crippen molar-refractivity contribution in [3.05, 3.63) is 28.4 Å². The summed E-state index contributed by atoms with van der Waals surface area (Å²) in [7, 11) is 0. The molecule has 0 bridgehead atoms. The summed E-state index contributed by atoms with van der Waals surface area (Å²) in [5, 5.41) is 31.9. The van der Waals surface area contributed by atoms with Crippen molar-refractivity contribution in [1.82, 2.24) is 4.57 Å². The highest BCUT2D eigenvalue weighted by Crippen LogP contribution is 2.32. The lowest BCUT2D eigenvalue weighted by Gasteiger charge is -2.18. The van der Waals surface area contributed by atoms with Crippen LogP contribution in [-0.4, -0.2) is 44.8 Å². The monoisotopic (exact) mass is 299 g/mol. The highest BCUT2D eigenvalue weighted by atomic mass is 32.1. The Morgan fingerprint density at radius 3 is 2.79 bits per heavy atom. The number of nitrogens with zero attached hydrogens (tertiary/aromatic N) is 1. The number of aromatic nitrogens is 1. The summed E-state index contributed by atoms with van der Waals surface area (Å²) >= 11 is 6.91. The van der Waals surface area contributed by atoms with Gasteiger partial charge in [0.25, 0.3) is 0 Å². The van der Waals surface area contributed by atoms with Crippen molar-refractivity contribution >= 4 is 33.6 Å². The van der Waals surface area contributed by atoms with Crippen molar-refractivity contribution in [3.63, 3.8) is 0 Å². The number of fused-ring (bicyclic) bond motifs is 1. The fourth-order valence-corrected chi connectivity index (χ4v) is 3.54.